The van der Waals surface area contributed by atoms with Gasteiger partial charge in [0.1, 0.15) is 6.04 Å². The molecule has 1 rings (SSSR count). The van der Waals surface area contributed by atoms with Crippen LogP contribution >= 0.6 is 0 Å². The van der Waals surface area contributed by atoms with Crippen molar-refractivity contribution in [3.8, 4) is 0 Å². The van der Waals surface area contributed by atoms with Crippen LogP contribution in [0.25, 0.3) is 0 Å². The third kappa shape index (κ3) is 5.62. The fourth-order valence-electron chi connectivity index (χ4n) is 1.77. The summed E-state index contributed by atoms with van der Waals surface area (Å²) in [6.07, 6.45) is -0.262. The van der Waals surface area contributed by atoms with Gasteiger partial charge in [-0.3, -0.25) is 4.79 Å². The summed E-state index contributed by atoms with van der Waals surface area (Å²) in [6, 6.07) is 7.16. The zero-order chi connectivity index (χ0) is 15.8. The van der Waals surface area contributed by atoms with Crippen molar-refractivity contribution in [3.63, 3.8) is 0 Å². The predicted molar refractivity (Wildman–Crippen MR) is 70.4 cm³/mol. The standard InChI is InChI=1S/C14H18N2O5/c1-21-14(20)11(7-9-5-3-2-4-6-9)16-13(19)10(15)8-12(17)18/h2-6,10-11H,7-8,15H2,1H3,(H,16,19)(H,17,18)/t10-,11-/m1/s1. The molecule has 0 heterocycles. The maximum absolute atomic E-state index is 11.8. The minimum Gasteiger partial charge on any atom is -0.550 e. The van der Waals surface area contributed by atoms with Crippen LogP contribution in [0, 0.1) is 0 Å². The van der Waals surface area contributed by atoms with Gasteiger partial charge in [0.05, 0.1) is 7.11 Å². The van der Waals surface area contributed by atoms with Gasteiger partial charge in [0.2, 0.25) is 0 Å². The van der Waals surface area contributed by atoms with Crippen LogP contribution in [0.1, 0.15) is 12.0 Å². The Bertz CT molecular complexity index is 503. The van der Waals surface area contributed by atoms with E-state index in [1.54, 1.807) is 0 Å². The van der Waals surface area contributed by atoms with E-state index < -0.39 is 36.4 Å². The molecule has 0 saturated carbocycles. The van der Waals surface area contributed by atoms with Gasteiger partial charge in [-0.1, -0.05) is 30.3 Å². The lowest BCUT2D eigenvalue weighted by molar-refractivity contribution is -0.408. The summed E-state index contributed by atoms with van der Waals surface area (Å²) in [6.45, 7) is 0. The first-order valence-electron chi connectivity index (χ1n) is 6.39. The molecule has 0 radical (unpaired) electrons. The normalized spacial score (nSPS) is 13.0. The van der Waals surface area contributed by atoms with Gasteiger partial charge in [-0.25, -0.2) is 4.79 Å². The molecule has 1 amide bonds. The molecule has 1 aromatic carbocycles. The van der Waals surface area contributed by atoms with Gasteiger partial charge in [0.25, 0.3) is 5.91 Å². The van der Waals surface area contributed by atoms with E-state index in [0.29, 0.717) is 0 Å². The van der Waals surface area contributed by atoms with Gasteiger partial charge >= 0.3 is 5.97 Å². The number of hydrogen-bond acceptors (Lipinski definition) is 5. The molecule has 21 heavy (non-hydrogen) atoms. The molecule has 7 nitrogen and oxygen atoms in total. The zero-order valence-corrected chi connectivity index (χ0v) is 11.7. The summed E-state index contributed by atoms with van der Waals surface area (Å²) < 4.78 is 4.64. The van der Waals surface area contributed by atoms with Gasteiger partial charge in [0, 0.05) is 18.8 Å². The van der Waals surface area contributed by atoms with E-state index in [1.165, 1.54) is 7.11 Å². The van der Waals surface area contributed by atoms with E-state index in [1.807, 2.05) is 30.3 Å². The molecule has 0 aliphatic heterocycles. The minimum absolute atomic E-state index is 0.247. The first kappa shape index (κ1) is 16.6. The lowest BCUT2D eigenvalue weighted by atomic mass is 10.1. The second kappa shape index (κ2) is 8.01. The first-order chi connectivity index (χ1) is 9.93. The number of carboxylic acids is 1. The molecular formula is C14H18N2O5. The fraction of sp³-hybridized carbons (Fsp3) is 0.357. The summed E-state index contributed by atoms with van der Waals surface area (Å²) in [5.74, 6) is -2.61. The number of hydrogen-bond donors (Lipinski definition) is 2. The minimum atomic E-state index is -1.37. The average Bonchev–Trinajstić information content (AvgIpc) is 2.46. The average molecular weight is 294 g/mol. The third-order valence-electron chi connectivity index (χ3n) is 2.87. The molecule has 2 atom stereocenters. The molecule has 7 heteroatoms. The maximum Gasteiger partial charge on any atom is 0.328 e. The summed E-state index contributed by atoms with van der Waals surface area (Å²) in [4.78, 5) is 34.0. The number of ether oxygens (including phenoxy) is 1. The molecule has 1 aromatic rings. The number of carbonyl (C=O) groups excluding carboxylic acids is 3. The van der Waals surface area contributed by atoms with Gasteiger partial charge in [-0.2, -0.15) is 0 Å². The monoisotopic (exact) mass is 294 g/mol. The number of amides is 1. The Hall–Kier alpha value is -2.41. The van der Waals surface area contributed by atoms with E-state index >= 15 is 0 Å². The SMILES string of the molecule is COC(=O)[C@@H](Cc1ccccc1)NC(=O)[C@H]([NH3+])CC(=O)[O-]. The van der Waals surface area contributed by atoms with E-state index in [4.69, 9.17) is 0 Å². The van der Waals surface area contributed by atoms with E-state index in [2.05, 4.69) is 15.8 Å². The highest BCUT2D eigenvalue weighted by atomic mass is 16.5. The summed E-state index contributed by atoms with van der Waals surface area (Å²) in [5, 5.41) is 12.9. The molecule has 4 N–H and O–H groups in total. The molecule has 0 saturated heterocycles. The van der Waals surface area contributed by atoms with Gasteiger partial charge in [0.15, 0.2) is 6.04 Å². The zero-order valence-electron chi connectivity index (χ0n) is 11.7. The van der Waals surface area contributed by atoms with E-state index in [9.17, 15) is 19.5 Å². The number of carbonyl (C=O) groups is 3. The van der Waals surface area contributed by atoms with Crippen molar-refractivity contribution >= 4 is 17.8 Å². The number of nitrogens with one attached hydrogen (secondary N) is 1. The van der Waals surface area contributed by atoms with Crippen LogP contribution in [0.3, 0.4) is 0 Å². The summed E-state index contributed by atoms with van der Waals surface area (Å²) >= 11 is 0. The number of benzene rings is 1. The predicted octanol–water partition coefficient (Wildman–Crippen LogP) is -2.36. The van der Waals surface area contributed by atoms with Crippen molar-refractivity contribution < 1.29 is 30.0 Å². The molecule has 0 fully saturated rings. The Balaban J connectivity index is 2.72. The summed E-state index contributed by atoms with van der Waals surface area (Å²) in [5.41, 5.74) is 4.28. The molecule has 0 aliphatic carbocycles. The van der Waals surface area contributed by atoms with Gasteiger partial charge < -0.3 is 25.7 Å². The molecule has 0 aromatic heterocycles. The van der Waals surface area contributed by atoms with Crippen molar-refractivity contribution in [2.75, 3.05) is 7.11 Å². The number of methoxy groups -OCH3 is 1. The van der Waals surface area contributed by atoms with Crippen LogP contribution in [0.5, 0.6) is 0 Å². The maximum atomic E-state index is 11.8. The molecule has 0 bridgehead atoms. The molecule has 0 spiro atoms. The molecule has 114 valence electrons. The number of quaternary nitrogens is 1. The smallest absolute Gasteiger partial charge is 0.328 e. The van der Waals surface area contributed by atoms with Crippen LogP contribution in [-0.2, 0) is 25.5 Å². The molecule has 0 aliphatic rings. The van der Waals surface area contributed by atoms with Crippen molar-refractivity contribution in [2.45, 2.75) is 24.9 Å². The molecule has 0 unspecified atom stereocenters. The third-order valence-corrected chi connectivity index (χ3v) is 2.87. The lowest BCUT2D eigenvalue weighted by Gasteiger charge is -2.18. The second-order valence-electron chi connectivity index (χ2n) is 4.55. The van der Waals surface area contributed by atoms with Crippen LogP contribution in [0.2, 0.25) is 0 Å². The Morgan fingerprint density at radius 2 is 1.90 bits per heavy atom. The van der Waals surface area contributed by atoms with Crippen molar-refractivity contribution in [3.05, 3.63) is 35.9 Å². The highest BCUT2D eigenvalue weighted by Gasteiger charge is 2.26. The Labute approximate surface area is 122 Å². The summed E-state index contributed by atoms with van der Waals surface area (Å²) in [7, 11) is 1.22. The lowest BCUT2D eigenvalue weighted by Crippen LogP contribution is -2.69. The first-order valence-corrected chi connectivity index (χ1v) is 6.39. The Morgan fingerprint density at radius 1 is 1.29 bits per heavy atom. The number of aliphatic carboxylic acids is 1. The molecular weight excluding hydrogens is 276 g/mol. The van der Waals surface area contributed by atoms with Crippen molar-refractivity contribution in [1.82, 2.24) is 5.32 Å². The van der Waals surface area contributed by atoms with Crippen molar-refractivity contribution in [1.29, 1.82) is 0 Å². The number of carboxylic acid groups (broad SMARTS) is 1. The highest BCUT2D eigenvalue weighted by Crippen LogP contribution is 2.05. The van der Waals surface area contributed by atoms with Crippen LogP contribution < -0.4 is 16.2 Å². The topological polar surface area (TPSA) is 123 Å². The van der Waals surface area contributed by atoms with Crippen LogP contribution in [0.15, 0.2) is 30.3 Å². The number of rotatable bonds is 7. The largest absolute Gasteiger partial charge is 0.550 e. The van der Waals surface area contributed by atoms with Gasteiger partial charge in [-0.15, -0.1) is 0 Å². The van der Waals surface area contributed by atoms with E-state index in [-0.39, 0.29) is 6.42 Å². The second-order valence-corrected chi connectivity index (χ2v) is 4.55. The Morgan fingerprint density at radius 3 is 2.43 bits per heavy atom. The quantitative estimate of drug-likeness (QED) is 0.544. The fourth-order valence-corrected chi connectivity index (χ4v) is 1.77. The van der Waals surface area contributed by atoms with Crippen LogP contribution in [-0.4, -0.2) is 37.0 Å². The Kier molecular flexibility index (Phi) is 6.35. The van der Waals surface area contributed by atoms with Gasteiger partial charge in [-0.05, 0) is 5.56 Å². The highest BCUT2D eigenvalue weighted by molar-refractivity contribution is 5.88. The van der Waals surface area contributed by atoms with E-state index in [0.717, 1.165) is 5.56 Å². The number of esters is 1. The van der Waals surface area contributed by atoms with Crippen LogP contribution in [0.4, 0.5) is 0 Å². The van der Waals surface area contributed by atoms with Crippen molar-refractivity contribution in [2.24, 2.45) is 0 Å².